The third-order valence-corrected chi connectivity index (χ3v) is 8.96. The highest BCUT2D eigenvalue weighted by Gasteiger charge is 2.38. The molecular weight excluding hydrogens is 374 g/mol. The van der Waals surface area contributed by atoms with E-state index in [1.54, 1.807) is 0 Å². The second-order valence-corrected chi connectivity index (χ2v) is 10.6. The molecule has 0 bridgehead atoms. The van der Waals surface area contributed by atoms with Gasteiger partial charge >= 0.3 is 0 Å². The van der Waals surface area contributed by atoms with E-state index >= 15 is 0 Å². The van der Waals surface area contributed by atoms with Crippen LogP contribution in [0, 0.1) is 0 Å². The van der Waals surface area contributed by atoms with Crippen LogP contribution in [0.3, 0.4) is 0 Å². The standard InChI is InChI=1S/C13H23N3O5S3/c1-3-5-10-9-16(14)24(19,20)13-11(10)8-12(22-13)23(17,18)15-6-7-21-4-2/h8,10,15H,3-7,9,14H2,1-2H3. The second kappa shape index (κ2) is 7.77. The number of nitrogens with two attached hydrogens (primary N) is 1. The molecule has 2 heterocycles. The van der Waals surface area contributed by atoms with Gasteiger partial charge in [-0.05, 0) is 25.0 Å². The number of thiophene rings is 1. The van der Waals surface area contributed by atoms with Crippen molar-refractivity contribution in [1.82, 2.24) is 9.14 Å². The van der Waals surface area contributed by atoms with Gasteiger partial charge in [0.15, 0.2) is 0 Å². The first-order chi connectivity index (χ1) is 11.2. The Labute approximate surface area is 147 Å². The molecule has 8 nitrogen and oxygen atoms in total. The molecule has 1 aromatic rings. The number of nitrogens with zero attached hydrogens (tertiary/aromatic N) is 1. The first-order valence-electron chi connectivity index (χ1n) is 7.72. The number of ether oxygens (including phenoxy) is 1. The Morgan fingerprint density at radius 1 is 1.46 bits per heavy atom. The van der Waals surface area contributed by atoms with Crippen molar-refractivity contribution in [2.75, 3.05) is 26.3 Å². The van der Waals surface area contributed by atoms with Crippen molar-refractivity contribution in [3.63, 3.8) is 0 Å². The van der Waals surface area contributed by atoms with Crippen LogP contribution >= 0.6 is 11.3 Å². The van der Waals surface area contributed by atoms with Crippen LogP contribution < -0.4 is 10.6 Å². The van der Waals surface area contributed by atoms with Gasteiger partial charge in [0.2, 0.25) is 10.0 Å². The van der Waals surface area contributed by atoms with E-state index in [0.29, 0.717) is 12.2 Å². The van der Waals surface area contributed by atoms with Gasteiger partial charge in [0, 0.05) is 25.6 Å². The molecule has 3 N–H and O–H groups in total. The lowest BCUT2D eigenvalue weighted by Gasteiger charge is -2.28. The van der Waals surface area contributed by atoms with Gasteiger partial charge in [0.05, 0.1) is 6.61 Å². The van der Waals surface area contributed by atoms with E-state index in [0.717, 1.165) is 28.6 Å². The normalized spacial score (nSPS) is 20.9. The van der Waals surface area contributed by atoms with Crippen LogP contribution in [0.15, 0.2) is 14.5 Å². The van der Waals surface area contributed by atoms with Crippen LogP contribution in [0.1, 0.15) is 38.2 Å². The van der Waals surface area contributed by atoms with Crippen LogP contribution in [0.2, 0.25) is 0 Å². The van der Waals surface area contributed by atoms with Crippen LogP contribution in [0.25, 0.3) is 0 Å². The highest BCUT2D eigenvalue weighted by molar-refractivity contribution is 7.94. The van der Waals surface area contributed by atoms with Gasteiger partial charge in [0.25, 0.3) is 10.0 Å². The summed E-state index contributed by atoms with van der Waals surface area (Å²) in [4.78, 5) is 0. The molecule has 0 saturated heterocycles. The number of hydrogen-bond donors (Lipinski definition) is 2. The molecule has 2 rings (SSSR count). The van der Waals surface area contributed by atoms with Crippen LogP contribution in [0.4, 0.5) is 0 Å². The van der Waals surface area contributed by atoms with E-state index in [9.17, 15) is 16.8 Å². The molecule has 1 unspecified atom stereocenters. The SMILES string of the molecule is CCCC1CN(N)S(=O)(=O)c2sc(S(=O)(=O)NCCOCC)cc21. The van der Waals surface area contributed by atoms with E-state index in [1.807, 2.05) is 13.8 Å². The molecule has 0 aromatic carbocycles. The fraction of sp³-hybridized carbons (Fsp3) is 0.692. The van der Waals surface area contributed by atoms with Gasteiger partial charge in [-0.3, -0.25) is 5.84 Å². The summed E-state index contributed by atoms with van der Waals surface area (Å²) >= 11 is 0.745. The Bertz CT molecular complexity index is 773. The molecule has 0 radical (unpaired) electrons. The molecule has 1 aliphatic heterocycles. The molecule has 1 atom stereocenters. The summed E-state index contributed by atoms with van der Waals surface area (Å²) in [7, 11) is -7.60. The van der Waals surface area contributed by atoms with Crippen molar-refractivity contribution < 1.29 is 21.6 Å². The van der Waals surface area contributed by atoms with E-state index in [-0.39, 0.29) is 34.0 Å². The molecule has 1 aliphatic rings. The maximum Gasteiger partial charge on any atom is 0.265 e. The molecule has 11 heteroatoms. The summed E-state index contributed by atoms with van der Waals surface area (Å²) in [6.07, 6.45) is 1.59. The molecule has 138 valence electrons. The average Bonchev–Trinajstić information content (AvgIpc) is 2.97. The minimum atomic E-state index is -3.83. The minimum Gasteiger partial charge on any atom is -0.380 e. The minimum absolute atomic E-state index is 0.0102. The van der Waals surface area contributed by atoms with Gasteiger partial charge in [-0.25, -0.2) is 21.6 Å². The number of rotatable bonds is 8. The van der Waals surface area contributed by atoms with Gasteiger partial charge in [-0.1, -0.05) is 13.3 Å². The van der Waals surface area contributed by atoms with Crippen molar-refractivity contribution in [3.05, 3.63) is 11.6 Å². The van der Waals surface area contributed by atoms with Crippen LogP contribution in [-0.2, 0) is 24.8 Å². The maximum atomic E-state index is 12.4. The number of hydrogen-bond acceptors (Lipinski definition) is 7. The Balaban J connectivity index is 2.34. The molecule has 0 spiro atoms. The summed E-state index contributed by atoms with van der Waals surface area (Å²) in [5.41, 5.74) is 0.550. The smallest absolute Gasteiger partial charge is 0.265 e. The molecule has 0 fully saturated rings. The highest BCUT2D eigenvalue weighted by atomic mass is 32.3. The van der Waals surface area contributed by atoms with Crippen molar-refractivity contribution in [1.29, 1.82) is 0 Å². The number of sulfonamides is 2. The zero-order chi connectivity index (χ0) is 18.0. The first kappa shape index (κ1) is 19.8. The van der Waals surface area contributed by atoms with Crippen LogP contribution in [0.5, 0.6) is 0 Å². The molecule has 0 saturated carbocycles. The van der Waals surface area contributed by atoms with E-state index in [4.69, 9.17) is 10.6 Å². The lowest BCUT2D eigenvalue weighted by atomic mass is 9.97. The van der Waals surface area contributed by atoms with Gasteiger partial charge in [0.1, 0.15) is 8.42 Å². The second-order valence-electron chi connectivity index (χ2n) is 5.46. The Kier molecular flexibility index (Phi) is 6.40. The number of nitrogens with one attached hydrogen (secondary N) is 1. The summed E-state index contributed by atoms with van der Waals surface area (Å²) in [6.45, 7) is 4.86. The molecule has 24 heavy (non-hydrogen) atoms. The van der Waals surface area contributed by atoms with Crippen molar-refractivity contribution >= 4 is 31.4 Å². The number of fused-ring (bicyclic) bond motifs is 1. The van der Waals surface area contributed by atoms with Crippen molar-refractivity contribution in [2.45, 2.75) is 41.0 Å². The quantitative estimate of drug-likeness (QED) is 0.495. The fourth-order valence-electron chi connectivity index (χ4n) is 2.56. The van der Waals surface area contributed by atoms with Gasteiger partial charge < -0.3 is 4.74 Å². The lowest BCUT2D eigenvalue weighted by molar-refractivity contribution is 0.153. The van der Waals surface area contributed by atoms with Gasteiger partial charge in [-0.2, -0.15) is 0 Å². The van der Waals surface area contributed by atoms with Crippen molar-refractivity contribution in [3.8, 4) is 0 Å². The highest BCUT2D eigenvalue weighted by Crippen LogP contribution is 2.41. The average molecular weight is 398 g/mol. The van der Waals surface area contributed by atoms with Crippen molar-refractivity contribution in [2.24, 2.45) is 5.84 Å². The maximum absolute atomic E-state index is 12.4. The fourth-order valence-corrected chi connectivity index (χ4v) is 7.17. The molecule has 1 aromatic heterocycles. The summed E-state index contributed by atoms with van der Waals surface area (Å²) in [5.74, 6) is 5.56. The molecule has 0 amide bonds. The zero-order valence-corrected chi connectivity index (χ0v) is 16.1. The summed E-state index contributed by atoms with van der Waals surface area (Å²) in [6, 6.07) is 1.47. The summed E-state index contributed by atoms with van der Waals surface area (Å²) in [5, 5.41) is 0. The first-order valence-corrected chi connectivity index (χ1v) is 11.5. The Morgan fingerprint density at radius 2 is 2.17 bits per heavy atom. The third kappa shape index (κ3) is 3.98. The Hall–Kier alpha value is -0.560. The predicted octanol–water partition coefficient (Wildman–Crippen LogP) is 0.825. The van der Waals surface area contributed by atoms with E-state index in [1.165, 1.54) is 6.07 Å². The van der Waals surface area contributed by atoms with Crippen LogP contribution in [-0.4, -0.2) is 47.6 Å². The summed E-state index contributed by atoms with van der Waals surface area (Å²) < 4.78 is 57.8. The molecule has 0 aliphatic carbocycles. The largest absolute Gasteiger partial charge is 0.380 e. The van der Waals surface area contributed by atoms with E-state index in [2.05, 4.69) is 4.72 Å². The zero-order valence-electron chi connectivity index (χ0n) is 13.7. The topological polar surface area (TPSA) is 119 Å². The third-order valence-electron chi connectivity index (χ3n) is 3.73. The Morgan fingerprint density at radius 3 is 2.79 bits per heavy atom. The number of hydrazine groups is 1. The van der Waals surface area contributed by atoms with E-state index < -0.39 is 20.0 Å². The molecular formula is C13H23N3O5S3. The predicted molar refractivity (Wildman–Crippen MR) is 91.7 cm³/mol. The monoisotopic (exact) mass is 397 g/mol. The van der Waals surface area contributed by atoms with Gasteiger partial charge in [-0.15, -0.1) is 15.8 Å². The lowest BCUT2D eigenvalue weighted by Crippen LogP contribution is -2.43.